The first-order valence-electron chi connectivity index (χ1n) is 6.33. The summed E-state index contributed by atoms with van der Waals surface area (Å²) >= 11 is 0. The van der Waals surface area contributed by atoms with E-state index in [-0.39, 0.29) is 17.9 Å². The van der Waals surface area contributed by atoms with Crippen LogP contribution in [0.3, 0.4) is 0 Å². The molecule has 0 spiro atoms. The molecule has 0 bridgehead atoms. The van der Waals surface area contributed by atoms with Gasteiger partial charge < -0.3 is 16.4 Å². The van der Waals surface area contributed by atoms with Crippen LogP contribution in [0.1, 0.15) is 39.0 Å². The Morgan fingerprint density at radius 1 is 1.24 bits per heavy atom. The van der Waals surface area contributed by atoms with Crippen LogP contribution in [0.4, 0.5) is 0 Å². The third-order valence-electron chi connectivity index (χ3n) is 3.55. The number of hydrogen-bond donors (Lipinski definition) is 3. The summed E-state index contributed by atoms with van der Waals surface area (Å²) in [5.74, 6) is -0.385. The predicted molar refractivity (Wildman–Crippen MR) is 66.2 cm³/mol. The molecule has 17 heavy (non-hydrogen) atoms. The molecule has 1 fully saturated rings. The Morgan fingerprint density at radius 2 is 1.82 bits per heavy atom. The number of hydrogen-bond acceptors (Lipinski definition) is 3. The molecule has 2 atom stereocenters. The summed E-state index contributed by atoms with van der Waals surface area (Å²) in [7, 11) is 1.71. The normalized spacial score (nSPS) is 20.6. The van der Waals surface area contributed by atoms with Crippen LogP contribution < -0.4 is 16.4 Å². The van der Waals surface area contributed by atoms with E-state index >= 15 is 0 Å². The first-order valence-corrected chi connectivity index (χ1v) is 6.33. The van der Waals surface area contributed by atoms with Gasteiger partial charge in [-0.05, 0) is 32.7 Å². The van der Waals surface area contributed by atoms with Crippen LogP contribution in [-0.4, -0.2) is 30.9 Å². The minimum Gasteiger partial charge on any atom is -0.368 e. The molecule has 1 rings (SSSR count). The van der Waals surface area contributed by atoms with Gasteiger partial charge in [-0.3, -0.25) is 9.59 Å². The number of nitrogens with two attached hydrogens (primary N) is 1. The van der Waals surface area contributed by atoms with E-state index in [1.807, 2.05) is 0 Å². The van der Waals surface area contributed by atoms with E-state index in [1.54, 1.807) is 14.0 Å². The summed E-state index contributed by atoms with van der Waals surface area (Å²) in [6, 6.07) is -0.820. The van der Waals surface area contributed by atoms with Crippen molar-refractivity contribution < 1.29 is 9.59 Å². The Hall–Kier alpha value is -1.10. The van der Waals surface area contributed by atoms with E-state index in [1.165, 1.54) is 6.42 Å². The van der Waals surface area contributed by atoms with Crippen LogP contribution in [-0.2, 0) is 9.59 Å². The van der Waals surface area contributed by atoms with Crippen molar-refractivity contribution in [2.24, 2.45) is 11.7 Å². The Bertz CT molecular complexity index is 275. The van der Waals surface area contributed by atoms with Gasteiger partial charge in [0, 0.05) is 0 Å². The molecule has 0 aromatic carbocycles. The fourth-order valence-electron chi connectivity index (χ4n) is 2.30. The molecular formula is C12H23N3O2. The molecule has 2 unspecified atom stereocenters. The Kier molecular flexibility index (Phi) is 5.41. The van der Waals surface area contributed by atoms with Gasteiger partial charge in [-0.15, -0.1) is 0 Å². The summed E-state index contributed by atoms with van der Waals surface area (Å²) < 4.78 is 0. The van der Waals surface area contributed by atoms with Crippen LogP contribution in [0, 0.1) is 5.92 Å². The van der Waals surface area contributed by atoms with Gasteiger partial charge in [0.25, 0.3) is 0 Å². The first-order chi connectivity index (χ1) is 8.06. The van der Waals surface area contributed by atoms with Gasteiger partial charge in [0.05, 0.1) is 6.04 Å². The van der Waals surface area contributed by atoms with Crippen molar-refractivity contribution in [3.05, 3.63) is 0 Å². The van der Waals surface area contributed by atoms with Crippen LogP contribution >= 0.6 is 0 Å². The number of amides is 2. The average molecular weight is 241 g/mol. The summed E-state index contributed by atoms with van der Waals surface area (Å²) in [6.07, 6.45) is 5.39. The largest absolute Gasteiger partial charge is 0.368 e. The fraction of sp³-hybridized carbons (Fsp3) is 0.833. The van der Waals surface area contributed by atoms with E-state index in [9.17, 15) is 9.59 Å². The van der Waals surface area contributed by atoms with Crippen molar-refractivity contribution in [3.8, 4) is 0 Å². The average Bonchev–Trinajstić information content (AvgIpc) is 2.35. The lowest BCUT2D eigenvalue weighted by atomic mass is 9.83. The number of carbonyl (C=O) groups is 2. The van der Waals surface area contributed by atoms with Crippen LogP contribution in [0.2, 0.25) is 0 Å². The highest BCUT2D eigenvalue weighted by atomic mass is 16.2. The summed E-state index contributed by atoms with van der Waals surface area (Å²) in [6.45, 7) is 1.76. The lowest BCUT2D eigenvalue weighted by molar-refractivity contribution is -0.129. The zero-order valence-electron chi connectivity index (χ0n) is 10.7. The second-order valence-corrected chi connectivity index (χ2v) is 4.80. The molecule has 5 heteroatoms. The highest BCUT2D eigenvalue weighted by Gasteiger charge is 2.30. The van der Waals surface area contributed by atoms with E-state index in [2.05, 4.69) is 10.6 Å². The molecule has 98 valence electrons. The predicted octanol–water partition coefficient (Wildman–Crippen LogP) is 0.145. The van der Waals surface area contributed by atoms with Crippen molar-refractivity contribution in [1.82, 2.24) is 10.6 Å². The summed E-state index contributed by atoms with van der Waals surface area (Å²) in [4.78, 5) is 23.2. The Morgan fingerprint density at radius 3 is 2.29 bits per heavy atom. The number of rotatable bonds is 5. The third-order valence-corrected chi connectivity index (χ3v) is 3.55. The zero-order chi connectivity index (χ0) is 12.8. The molecule has 0 aromatic heterocycles. The minimum absolute atomic E-state index is 0.165. The van der Waals surface area contributed by atoms with Crippen molar-refractivity contribution in [2.75, 3.05) is 7.05 Å². The van der Waals surface area contributed by atoms with E-state index in [0.29, 0.717) is 0 Å². The van der Waals surface area contributed by atoms with Crippen molar-refractivity contribution in [1.29, 1.82) is 0 Å². The zero-order valence-corrected chi connectivity index (χ0v) is 10.7. The van der Waals surface area contributed by atoms with Gasteiger partial charge in [0.2, 0.25) is 11.8 Å². The van der Waals surface area contributed by atoms with E-state index < -0.39 is 11.9 Å². The second-order valence-electron chi connectivity index (χ2n) is 4.80. The second kappa shape index (κ2) is 6.59. The summed E-state index contributed by atoms with van der Waals surface area (Å²) in [5, 5.41) is 5.61. The van der Waals surface area contributed by atoms with Crippen molar-refractivity contribution in [3.63, 3.8) is 0 Å². The number of likely N-dealkylation sites (N-methyl/N-ethyl adjacent to an activating group) is 1. The molecule has 0 aromatic rings. The molecule has 0 aliphatic heterocycles. The molecule has 0 saturated heterocycles. The van der Waals surface area contributed by atoms with Crippen LogP contribution in [0.25, 0.3) is 0 Å². The van der Waals surface area contributed by atoms with E-state index in [4.69, 9.17) is 5.73 Å². The van der Waals surface area contributed by atoms with Crippen molar-refractivity contribution in [2.45, 2.75) is 51.1 Å². The van der Waals surface area contributed by atoms with Crippen LogP contribution in [0.5, 0.6) is 0 Å². The highest BCUT2D eigenvalue weighted by molar-refractivity contribution is 5.89. The minimum atomic E-state index is -0.515. The smallest absolute Gasteiger partial charge is 0.240 e. The number of carbonyl (C=O) groups excluding carboxylic acids is 2. The van der Waals surface area contributed by atoms with Gasteiger partial charge >= 0.3 is 0 Å². The van der Waals surface area contributed by atoms with Gasteiger partial charge in [0.1, 0.15) is 6.04 Å². The molecular weight excluding hydrogens is 218 g/mol. The van der Waals surface area contributed by atoms with Gasteiger partial charge in [-0.2, -0.15) is 0 Å². The SMILES string of the molecule is CNC(C)C(=O)NC(C(N)=O)C1CCCCC1. The number of nitrogens with one attached hydrogen (secondary N) is 2. The highest BCUT2D eigenvalue weighted by Crippen LogP contribution is 2.26. The number of primary amides is 1. The topological polar surface area (TPSA) is 84.2 Å². The third kappa shape index (κ3) is 4.00. The maximum atomic E-state index is 11.8. The molecule has 1 aliphatic rings. The lowest BCUT2D eigenvalue weighted by Gasteiger charge is -2.29. The molecule has 1 aliphatic carbocycles. The molecule has 0 heterocycles. The Labute approximate surface area is 103 Å². The Balaban J connectivity index is 2.59. The lowest BCUT2D eigenvalue weighted by Crippen LogP contribution is -2.53. The van der Waals surface area contributed by atoms with Gasteiger partial charge in [-0.25, -0.2) is 0 Å². The molecule has 2 amide bonds. The maximum absolute atomic E-state index is 11.8. The summed E-state index contributed by atoms with van der Waals surface area (Å²) in [5.41, 5.74) is 5.38. The first kappa shape index (κ1) is 14.0. The van der Waals surface area contributed by atoms with Crippen LogP contribution in [0.15, 0.2) is 0 Å². The molecule has 4 N–H and O–H groups in total. The van der Waals surface area contributed by atoms with Crippen molar-refractivity contribution >= 4 is 11.8 Å². The van der Waals surface area contributed by atoms with Gasteiger partial charge in [-0.1, -0.05) is 19.3 Å². The molecule has 0 radical (unpaired) electrons. The van der Waals surface area contributed by atoms with Gasteiger partial charge in [0.15, 0.2) is 0 Å². The standard InChI is InChI=1S/C12H23N3O2/c1-8(14-2)12(17)15-10(11(13)16)9-6-4-3-5-7-9/h8-10,14H,3-7H2,1-2H3,(H2,13,16)(H,15,17). The molecule has 1 saturated carbocycles. The maximum Gasteiger partial charge on any atom is 0.240 e. The molecule has 5 nitrogen and oxygen atoms in total. The monoisotopic (exact) mass is 241 g/mol. The quantitative estimate of drug-likeness (QED) is 0.640. The van der Waals surface area contributed by atoms with E-state index in [0.717, 1.165) is 25.7 Å². The fourth-order valence-corrected chi connectivity index (χ4v) is 2.30.